The van der Waals surface area contributed by atoms with Gasteiger partial charge in [-0.05, 0) is 36.1 Å². The average molecular weight is 291 g/mol. The molecule has 0 heterocycles. The molecule has 0 N–H and O–H groups in total. The Kier molecular flexibility index (Phi) is 4.56. The number of halogens is 2. The van der Waals surface area contributed by atoms with Crippen LogP contribution >= 0.6 is 11.6 Å². The second kappa shape index (κ2) is 6.19. The van der Waals surface area contributed by atoms with Crippen molar-refractivity contribution in [3.63, 3.8) is 0 Å². The number of ketones is 1. The van der Waals surface area contributed by atoms with Gasteiger partial charge in [-0.15, -0.1) is 0 Å². The number of carbonyl (C=O) groups is 1. The van der Waals surface area contributed by atoms with Gasteiger partial charge in [-0.2, -0.15) is 0 Å². The molecule has 0 radical (unpaired) electrons. The van der Waals surface area contributed by atoms with Gasteiger partial charge in [0.1, 0.15) is 5.82 Å². The Hall–Kier alpha value is -1.67. The summed E-state index contributed by atoms with van der Waals surface area (Å²) in [5.74, 6) is -0.201. The average Bonchev–Trinajstić information content (AvgIpc) is 2.41. The Balaban J connectivity index is 2.22. The van der Waals surface area contributed by atoms with E-state index in [2.05, 4.69) is 13.8 Å². The van der Waals surface area contributed by atoms with Crippen LogP contribution in [-0.4, -0.2) is 5.78 Å². The van der Waals surface area contributed by atoms with Crippen molar-refractivity contribution in [3.05, 3.63) is 70.0 Å². The van der Waals surface area contributed by atoms with E-state index in [1.165, 1.54) is 23.8 Å². The topological polar surface area (TPSA) is 17.1 Å². The van der Waals surface area contributed by atoms with Gasteiger partial charge >= 0.3 is 0 Å². The summed E-state index contributed by atoms with van der Waals surface area (Å²) in [6.07, 6.45) is 0.976. The molecule has 0 aromatic heterocycles. The third kappa shape index (κ3) is 3.45. The second-order valence-corrected chi connectivity index (χ2v) is 5.66. The molecule has 0 aliphatic heterocycles. The molecule has 20 heavy (non-hydrogen) atoms. The van der Waals surface area contributed by atoms with E-state index in [0.29, 0.717) is 17.0 Å². The zero-order chi connectivity index (χ0) is 14.7. The standard InChI is InChI=1S/C17H16ClFO/c1-11(2)9-12-3-5-13(6-4-12)17(20)14-7-8-15(18)16(19)10-14/h3-8,10-11H,9H2,1-2H3. The molecule has 3 heteroatoms. The van der Waals surface area contributed by atoms with Gasteiger partial charge in [-0.3, -0.25) is 4.79 Å². The first-order valence-corrected chi connectivity index (χ1v) is 6.94. The van der Waals surface area contributed by atoms with Gasteiger partial charge in [-0.25, -0.2) is 4.39 Å². The minimum absolute atomic E-state index is 0.0221. The van der Waals surface area contributed by atoms with E-state index in [4.69, 9.17) is 11.6 Å². The number of rotatable bonds is 4. The van der Waals surface area contributed by atoms with Crippen molar-refractivity contribution in [1.82, 2.24) is 0 Å². The lowest BCUT2D eigenvalue weighted by atomic mass is 9.98. The minimum Gasteiger partial charge on any atom is -0.289 e. The first-order valence-electron chi connectivity index (χ1n) is 6.56. The molecule has 0 aliphatic rings. The molecule has 0 aliphatic carbocycles. The van der Waals surface area contributed by atoms with Crippen LogP contribution in [0.5, 0.6) is 0 Å². The van der Waals surface area contributed by atoms with Gasteiger partial charge in [0.2, 0.25) is 0 Å². The van der Waals surface area contributed by atoms with E-state index >= 15 is 0 Å². The Morgan fingerprint density at radius 2 is 1.70 bits per heavy atom. The molecule has 104 valence electrons. The quantitative estimate of drug-likeness (QED) is 0.731. The Morgan fingerprint density at radius 1 is 1.10 bits per heavy atom. The molecule has 0 saturated heterocycles. The molecule has 1 nitrogen and oxygen atoms in total. The maximum Gasteiger partial charge on any atom is 0.193 e. The van der Waals surface area contributed by atoms with Crippen LogP contribution in [0.3, 0.4) is 0 Å². The van der Waals surface area contributed by atoms with Gasteiger partial charge in [0.15, 0.2) is 5.78 Å². The van der Waals surface area contributed by atoms with Crippen LogP contribution in [0.15, 0.2) is 42.5 Å². The van der Waals surface area contributed by atoms with Crippen LogP contribution in [0.1, 0.15) is 35.3 Å². The predicted octanol–water partition coefficient (Wildman–Crippen LogP) is 4.91. The Bertz CT molecular complexity index is 617. The highest BCUT2D eigenvalue weighted by Gasteiger charge is 2.11. The molecule has 0 fully saturated rings. The summed E-state index contributed by atoms with van der Waals surface area (Å²) < 4.78 is 13.4. The van der Waals surface area contributed by atoms with E-state index in [0.717, 1.165) is 6.42 Å². The normalized spacial score (nSPS) is 10.8. The first-order chi connectivity index (χ1) is 9.47. The minimum atomic E-state index is -0.575. The highest BCUT2D eigenvalue weighted by molar-refractivity contribution is 6.30. The maximum absolute atomic E-state index is 13.4. The van der Waals surface area contributed by atoms with Gasteiger partial charge in [0.25, 0.3) is 0 Å². The molecule has 0 atom stereocenters. The lowest BCUT2D eigenvalue weighted by Crippen LogP contribution is -2.02. The second-order valence-electron chi connectivity index (χ2n) is 5.25. The summed E-state index contributed by atoms with van der Waals surface area (Å²) in [6.45, 7) is 4.30. The first kappa shape index (κ1) is 14.7. The summed E-state index contributed by atoms with van der Waals surface area (Å²) in [4.78, 5) is 12.2. The van der Waals surface area contributed by atoms with Crippen molar-refractivity contribution in [1.29, 1.82) is 0 Å². The van der Waals surface area contributed by atoms with Crippen molar-refractivity contribution in [3.8, 4) is 0 Å². The van der Waals surface area contributed by atoms with Crippen LogP contribution in [0, 0.1) is 11.7 Å². The zero-order valence-corrected chi connectivity index (χ0v) is 12.2. The third-order valence-corrected chi connectivity index (χ3v) is 3.35. The summed E-state index contributed by atoms with van der Waals surface area (Å²) in [7, 11) is 0. The monoisotopic (exact) mass is 290 g/mol. The molecule has 0 spiro atoms. The number of benzene rings is 2. The van der Waals surface area contributed by atoms with E-state index in [-0.39, 0.29) is 10.8 Å². The summed E-state index contributed by atoms with van der Waals surface area (Å²) >= 11 is 5.61. The molecular weight excluding hydrogens is 275 g/mol. The van der Waals surface area contributed by atoms with Crippen molar-refractivity contribution in [2.75, 3.05) is 0 Å². The summed E-state index contributed by atoms with van der Waals surface area (Å²) in [5.41, 5.74) is 2.06. The predicted molar refractivity (Wildman–Crippen MR) is 79.8 cm³/mol. The molecule has 2 rings (SSSR count). The van der Waals surface area contributed by atoms with Crippen LogP contribution in [0.4, 0.5) is 4.39 Å². The van der Waals surface area contributed by atoms with E-state index in [1.54, 1.807) is 12.1 Å². The Labute approximate surface area is 123 Å². The Morgan fingerprint density at radius 3 is 2.25 bits per heavy atom. The van der Waals surface area contributed by atoms with Gasteiger partial charge < -0.3 is 0 Å². The summed E-state index contributed by atoms with van der Waals surface area (Å²) in [6, 6.07) is 11.6. The number of carbonyl (C=O) groups excluding carboxylic acids is 1. The molecule has 0 unspecified atom stereocenters. The fourth-order valence-electron chi connectivity index (χ4n) is 2.07. The smallest absolute Gasteiger partial charge is 0.193 e. The molecule has 2 aromatic rings. The SMILES string of the molecule is CC(C)Cc1ccc(C(=O)c2ccc(Cl)c(F)c2)cc1. The molecule has 0 bridgehead atoms. The van der Waals surface area contributed by atoms with Crippen LogP contribution in [-0.2, 0) is 6.42 Å². The van der Waals surface area contributed by atoms with Crippen LogP contribution in [0.25, 0.3) is 0 Å². The fraction of sp³-hybridized carbons (Fsp3) is 0.235. The van der Waals surface area contributed by atoms with Crippen molar-refractivity contribution in [2.45, 2.75) is 20.3 Å². The lowest BCUT2D eigenvalue weighted by Gasteiger charge is -2.06. The largest absolute Gasteiger partial charge is 0.289 e. The highest BCUT2D eigenvalue weighted by Crippen LogP contribution is 2.18. The molecular formula is C17H16ClFO. The fourth-order valence-corrected chi connectivity index (χ4v) is 2.19. The highest BCUT2D eigenvalue weighted by atomic mass is 35.5. The van der Waals surface area contributed by atoms with E-state index in [9.17, 15) is 9.18 Å². The van der Waals surface area contributed by atoms with Crippen molar-refractivity contribution in [2.24, 2.45) is 5.92 Å². The number of hydrogen-bond donors (Lipinski definition) is 0. The lowest BCUT2D eigenvalue weighted by molar-refractivity contribution is 0.103. The van der Waals surface area contributed by atoms with Gasteiger partial charge in [-0.1, -0.05) is 49.7 Å². The van der Waals surface area contributed by atoms with Gasteiger partial charge in [0.05, 0.1) is 5.02 Å². The van der Waals surface area contributed by atoms with Crippen LogP contribution in [0.2, 0.25) is 5.02 Å². The van der Waals surface area contributed by atoms with Crippen molar-refractivity contribution >= 4 is 17.4 Å². The maximum atomic E-state index is 13.4. The molecule has 0 amide bonds. The summed E-state index contributed by atoms with van der Waals surface area (Å²) in [5, 5.41) is 0.0221. The third-order valence-electron chi connectivity index (χ3n) is 3.04. The van der Waals surface area contributed by atoms with Gasteiger partial charge in [0, 0.05) is 11.1 Å². The number of hydrogen-bond acceptors (Lipinski definition) is 1. The van der Waals surface area contributed by atoms with E-state index in [1.807, 2.05) is 12.1 Å². The molecule has 0 saturated carbocycles. The van der Waals surface area contributed by atoms with Crippen molar-refractivity contribution < 1.29 is 9.18 Å². The van der Waals surface area contributed by atoms with E-state index < -0.39 is 5.82 Å². The molecule has 2 aromatic carbocycles. The zero-order valence-electron chi connectivity index (χ0n) is 11.5. The van der Waals surface area contributed by atoms with Crippen LogP contribution < -0.4 is 0 Å².